The average Bonchev–Trinajstić information content (AvgIpc) is 3.58. The monoisotopic (exact) mass is 487 g/mol. The molecule has 2 aromatic carbocycles. The molecule has 188 valence electrons. The minimum atomic E-state index is -0.637. The molecule has 7 heteroatoms. The number of Topliss-reactive ketones (excluding diaryl/α,β-unsaturated/α-hetero) is 1. The Morgan fingerprint density at radius 2 is 1.58 bits per heavy atom. The van der Waals surface area contributed by atoms with E-state index in [4.69, 9.17) is 15.9 Å². The number of hydrogen-bond donors (Lipinski definition) is 3. The van der Waals surface area contributed by atoms with Gasteiger partial charge in [-0.1, -0.05) is 55.5 Å². The van der Waals surface area contributed by atoms with Crippen molar-refractivity contribution in [2.75, 3.05) is 6.61 Å². The van der Waals surface area contributed by atoms with E-state index in [9.17, 15) is 14.4 Å². The lowest BCUT2D eigenvalue weighted by Gasteiger charge is -2.27. The topological polar surface area (TPSA) is 122 Å². The van der Waals surface area contributed by atoms with Crippen LogP contribution in [0.25, 0.3) is 11.1 Å². The summed E-state index contributed by atoms with van der Waals surface area (Å²) in [5.74, 6) is 1.18. The molecule has 4 N–H and O–H groups in total. The van der Waals surface area contributed by atoms with E-state index in [2.05, 4.69) is 12.2 Å². The summed E-state index contributed by atoms with van der Waals surface area (Å²) in [5, 5.41) is 10.3. The second kappa shape index (κ2) is 9.88. The van der Waals surface area contributed by atoms with Crippen molar-refractivity contribution >= 4 is 23.5 Å². The second-order valence-corrected chi connectivity index (χ2v) is 10.7. The molecule has 36 heavy (non-hydrogen) atoms. The average molecular weight is 488 g/mol. The lowest BCUT2D eigenvalue weighted by atomic mass is 9.81. The number of rotatable bonds is 8. The van der Waals surface area contributed by atoms with E-state index < -0.39 is 12.0 Å². The second-order valence-electron chi connectivity index (χ2n) is 10.7. The van der Waals surface area contributed by atoms with Crippen molar-refractivity contribution in [2.45, 2.75) is 45.1 Å². The number of fused-ring (bicyclic) bond motifs is 2. The van der Waals surface area contributed by atoms with Gasteiger partial charge in [0.15, 0.2) is 5.78 Å². The van der Waals surface area contributed by atoms with Crippen molar-refractivity contribution in [3.63, 3.8) is 0 Å². The highest BCUT2D eigenvalue weighted by atomic mass is 16.5. The Kier molecular flexibility index (Phi) is 6.65. The molecule has 2 bridgehead atoms. The SMILES string of the molecule is CC1C2CCC(C2)C1COC(=O)C[C@@H]1C[C@@H](C(=O)c2ccc(-c3ccc(C(=N)N)cc3)cc2)NC1=O. The third-order valence-electron chi connectivity index (χ3n) is 8.61. The molecular weight excluding hydrogens is 454 g/mol. The smallest absolute Gasteiger partial charge is 0.306 e. The van der Waals surface area contributed by atoms with Crippen LogP contribution in [0.4, 0.5) is 0 Å². The van der Waals surface area contributed by atoms with Crippen molar-refractivity contribution in [1.29, 1.82) is 5.41 Å². The minimum absolute atomic E-state index is 0.0139. The van der Waals surface area contributed by atoms with Gasteiger partial charge in [-0.15, -0.1) is 0 Å². The Bertz CT molecular complexity index is 1170. The Morgan fingerprint density at radius 3 is 2.17 bits per heavy atom. The van der Waals surface area contributed by atoms with Gasteiger partial charge >= 0.3 is 5.97 Å². The maximum absolute atomic E-state index is 13.0. The zero-order chi connectivity index (χ0) is 25.4. The fraction of sp³-hybridized carbons (Fsp3) is 0.448. The summed E-state index contributed by atoms with van der Waals surface area (Å²) in [7, 11) is 0. The number of amidine groups is 1. The first-order valence-corrected chi connectivity index (χ1v) is 12.8. The molecule has 2 aromatic rings. The van der Waals surface area contributed by atoms with E-state index in [1.54, 1.807) is 24.3 Å². The summed E-state index contributed by atoms with van der Waals surface area (Å²) in [5.41, 5.74) is 8.56. The zero-order valence-corrected chi connectivity index (χ0v) is 20.5. The highest BCUT2D eigenvalue weighted by Crippen LogP contribution is 2.52. The van der Waals surface area contributed by atoms with Crippen LogP contribution in [0.1, 0.15) is 54.9 Å². The highest BCUT2D eigenvalue weighted by molar-refractivity contribution is 6.04. The van der Waals surface area contributed by atoms with Gasteiger partial charge in [0.2, 0.25) is 5.91 Å². The van der Waals surface area contributed by atoms with E-state index in [0.717, 1.165) is 17.0 Å². The number of ether oxygens (including phenoxy) is 1. The molecule has 0 radical (unpaired) electrons. The van der Waals surface area contributed by atoms with Crippen LogP contribution in [-0.2, 0) is 14.3 Å². The minimum Gasteiger partial charge on any atom is -0.465 e. The van der Waals surface area contributed by atoms with Crippen molar-refractivity contribution in [3.8, 4) is 11.1 Å². The third-order valence-corrected chi connectivity index (χ3v) is 8.61. The molecule has 0 aromatic heterocycles. The first kappa shape index (κ1) is 24.2. The molecule has 1 heterocycles. The predicted octanol–water partition coefficient (Wildman–Crippen LogP) is 3.94. The number of ketones is 1. The number of benzene rings is 2. The molecule has 3 aliphatic rings. The maximum atomic E-state index is 13.0. The molecule has 1 amide bonds. The van der Waals surface area contributed by atoms with E-state index >= 15 is 0 Å². The van der Waals surface area contributed by atoms with Crippen molar-refractivity contribution in [3.05, 3.63) is 59.7 Å². The highest BCUT2D eigenvalue weighted by Gasteiger charge is 2.45. The van der Waals surface area contributed by atoms with E-state index in [1.807, 2.05) is 24.3 Å². The van der Waals surface area contributed by atoms with Gasteiger partial charge in [-0.05, 0) is 60.5 Å². The number of hydrogen-bond acceptors (Lipinski definition) is 5. The van der Waals surface area contributed by atoms with Crippen LogP contribution in [0.15, 0.2) is 48.5 Å². The number of carbonyl (C=O) groups excluding carboxylic acids is 3. The number of esters is 1. The number of nitrogens with two attached hydrogens (primary N) is 1. The van der Waals surface area contributed by atoms with Crippen LogP contribution in [0, 0.1) is 35.0 Å². The first-order chi connectivity index (χ1) is 17.3. The molecule has 3 fully saturated rings. The van der Waals surface area contributed by atoms with Crippen molar-refractivity contribution < 1.29 is 19.1 Å². The number of carbonyl (C=O) groups is 3. The fourth-order valence-corrected chi connectivity index (χ4v) is 6.39. The van der Waals surface area contributed by atoms with E-state index in [1.165, 1.54) is 19.3 Å². The summed E-state index contributed by atoms with van der Waals surface area (Å²) < 4.78 is 5.59. The zero-order valence-electron chi connectivity index (χ0n) is 20.5. The van der Waals surface area contributed by atoms with E-state index in [0.29, 0.717) is 41.9 Å². The van der Waals surface area contributed by atoms with Crippen molar-refractivity contribution in [1.82, 2.24) is 5.32 Å². The molecule has 0 spiro atoms. The molecule has 4 unspecified atom stereocenters. The maximum Gasteiger partial charge on any atom is 0.306 e. The van der Waals surface area contributed by atoms with Gasteiger partial charge in [-0.25, -0.2) is 0 Å². The van der Waals surface area contributed by atoms with Gasteiger partial charge in [0.05, 0.1) is 25.0 Å². The summed E-state index contributed by atoms with van der Waals surface area (Å²) in [4.78, 5) is 38.0. The largest absolute Gasteiger partial charge is 0.465 e. The molecule has 1 aliphatic heterocycles. The summed E-state index contributed by atoms with van der Waals surface area (Å²) in [6.07, 6.45) is 4.10. The molecule has 2 aliphatic carbocycles. The number of nitrogens with one attached hydrogen (secondary N) is 2. The molecule has 1 saturated heterocycles. The Morgan fingerprint density at radius 1 is 0.972 bits per heavy atom. The lowest BCUT2D eigenvalue weighted by molar-refractivity contribution is -0.148. The van der Waals surface area contributed by atoms with Gasteiger partial charge in [0.1, 0.15) is 5.84 Å². The van der Waals surface area contributed by atoms with Gasteiger partial charge < -0.3 is 15.8 Å². The molecular formula is C29H33N3O4. The molecule has 6 atom stereocenters. The first-order valence-electron chi connectivity index (χ1n) is 12.8. The van der Waals surface area contributed by atoms with Crippen LogP contribution in [0.5, 0.6) is 0 Å². The standard InChI is InChI=1S/C29H33N3O4/c1-16-21-10-11-22(12-21)24(16)15-36-26(33)14-23-13-25(32-29(23)35)27(34)19-6-2-17(3-7-19)18-4-8-20(9-5-18)28(30)31/h2-9,16,21-25H,10-15H2,1H3,(H3,30,31)(H,32,35)/t16?,21?,22?,23-,24?,25-/m0/s1. The van der Waals surface area contributed by atoms with Crippen LogP contribution in [0.2, 0.25) is 0 Å². The molecule has 2 saturated carbocycles. The van der Waals surface area contributed by atoms with Crippen LogP contribution in [-0.4, -0.2) is 36.1 Å². The number of nitrogen functional groups attached to an aromatic ring is 1. The summed E-state index contributed by atoms with van der Waals surface area (Å²) in [6.45, 7) is 2.71. The van der Waals surface area contributed by atoms with Crippen molar-refractivity contribution in [2.24, 2.45) is 35.3 Å². The van der Waals surface area contributed by atoms with Crippen LogP contribution in [0.3, 0.4) is 0 Å². The Balaban J connectivity index is 1.14. The predicted molar refractivity (Wildman–Crippen MR) is 136 cm³/mol. The van der Waals surface area contributed by atoms with Gasteiger partial charge in [-0.2, -0.15) is 0 Å². The van der Waals surface area contributed by atoms with Crippen LogP contribution < -0.4 is 11.1 Å². The summed E-state index contributed by atoms with van der Waals surface area (Å²) in [6, 6.07) is 13.9. The third kappa shape index (κ3) is 4.79. The van der Waals surface area contributed by atoms with Gasteiger partial charge in [0, 0.05) is 11.1 Å². The quantitative estimate of drug-likeness (QED) is 0.225. The lowest BCUT2D eigenvalue weighted by Crippen LogP contribution is -2.33. The normalized spacial score (nSPS) is 28.6. The Hall–Kier alpha value is -3.48. The van der Waals surface area contributed by atoms with Gasteiger partial charge in [-0.3, -0.25) is 19.8 Å². The number of amides is 1. The molecule has 7 nitrogen and oxygen atoms in total. The summed E-state index contributed by atoms with van der Waals surface area (Å²) >= 11 is 0. The van der Waals surface area contributed by atoms with Crippen LogP contribution >= 0.6 is 0 Å². The fourth-order valence-electron chi connectivity index (χ4n) is 6.39. The Labute approximate surface area is 211 Å². The molecule has 5 rings (SSSR count). The van der Waals surface area contributed by atoms with Gasteiger partial charge in [0.25, 0.3) is 0 Å². The van der Waals surface area contributed by atoms with E-state index in [-0.39, 0.29) is 29.9 Å².